The fourth-order valence-corrected chi connectivity index (χ4v) is 3.62. The second-order valence-corrected chi connectivity index (χ2v) is 7.64. The number of hydrogen-bond donors (Lipinski definition) is 3. The SMILES string of the molecule is CNC(=O)c1ccc(CC(N)CNC(=O)[C@@H]2C[C@@]2(C)c2ccccc2)cc1F.Cl. The summed E-state index contributed by atoms with van der Waals surface area (Å²) in [6.45, 7) is 2.42. The fraction of sp³-hybridized carbons (Fsp3) is 0.364. The zero-order chi connectivity index (χ0) is 20.3. The van der Waals surface area contributed by atoms with Crippen molar-refractivity contribution >= 4 is 24.2 Å². The molecule has 1 fully saturated rings. The molecule has 29 heavy (non-hydrogen) atoms. The smallest absolute Gasteiger partial charge is 0.253 e. The Kier molecular flexibility index (Phi) is 7.38. The minimum absolute atomic E-state index is 0. The van der Waals surface area contributed by atoms with Gasteiger partial charge in [-0.15, -0.1) is 12.4 Å². The first-order valence-electron chi connectivity index (χ1n) is 9.44. The molecule has 2 amide bonds. The molecule has 4 N–H and O–H groups in total. The number of rotatable bonds is 7. The molecular formula is C22H27ClFN3O2. The Hall–Kier alpha value is -2.44. The van der Waals surface area contributed by atoms with Gasteiger partial charge < -0.3 is 16.4 Å². The maximum absolute atomic E-state index is 14.0. The zero-order valence-corrected chi connectivity index (χ0v) is 17.4. The van der Waals surface area contributed by atoms with Crippen molar-refractivity contribution < 1.29 is 14.0 Å². The van der Waals surface area contributed by atoms with E-state index in [4.69, 9.17) is 5.73 Å². The summed E-state index contributed by atoms with van der Waals surface area (Å²) in [4.78, 5) is 24.0. The van der Waals surface area contributed by atoms with Crippen LogP contribution in [0.1, 0.15) is 34.8 Å². The van der Waals surface area contributed by atoms with Crippen molar-refractivity contribution in [3.05, 3.63) is 71.0 Å². The Labute approximate surface area is 176 Å². The van der Waals surface area contributed by atoms with Crippen LogP contribution < -0.4 is 16.4 Å². The van der Waals surface area contributed by atoms with Crippen LogP contribution in [0.25, 0.3) is 0 Å². The molecule has 0 spiro atoms. The Morgan fingerprint density at radius 3 is 2.55 bits per heavy atom. The molecule has 0 aliphatic heterocycles. The van der Waals surface area contributed by atoms with E-state index in [0.717, 1.165) is 6.42 Å². The third-order valence-electron chi connectivity index (χ3n) is 5.53. The summed E-state index contributed by atoms with van der Waals surface area (Å²) < 4.78 is 14.0. The minimum Gasteiger partial charge on any atom is -0.355 e. The molecule has 0 saturated heterocycles. The molecule has 0 aromatic heterocycles. The van der Waals surface area contributed by atoms with E-state index in [9.17, 15) is 14.0 Å². The number of carbonyl (C=O) groups is 2. The Morgan fingerprint density at radius 2 is 1.93 bits per heavy atom. The maximum atomic E-state index is 14.0. The average Bonchev–Trinajstić information content (AvgIpc) is 3.39. The Bertz CT molecular complexity index is 878. The highest BCUT2D eigenvalue weighted by Gasteiger charge is 2.55. The van der Waals surface area contributed by atoms with Gasteiger partial charge in [-0.2, -0.15) is 0 Å². The first-order valence-corrected chi connectivity index (χ1v) is 9.44. The van der Waals surface area contributed by atoms with Gasteiger partial charge in [-0.3, -0.25) is 9.59 Å². The van der Waals surface area contributed by atoms with E-state index in [1.54, 1.807) is 6.07 Å². The van der Waals surface area contributed by atoms with E-state index in [2.05, 4.69) is 29.7 Å². The molecule has 0 radical (unpaired) electrons. The van der Waals surface area contributed by atoms with Gasteiger partial charge >= 0.3 is 0 Å². The van der Waals surface area contributed by atoms with Crippen molar-refractivity contribution in [3.63, 3.8) is 0 Å². The monoisotopic (exact) mass is 419 g/mol. The largest absolute Gasteiger partial charge is 0.355 e. The molecule has 1 aliphatic rings. The van der Waals surface area contributed by atoms with Gasteiger partial charge in [0, 0.05) is 31.0 Å². The van der Waals surface area contributed by atoms with Crippen LogP contribution in [-0.2, 0) is 16.6 Å². The van der Waals surface area contributed by atoms with Crippen molar-refractivity contribution in [3.8, 4) is 0 Å². The quantitative estimate of drug-likeness (QED) is 0.644. The summed E-state index contributed by atoms with van der Waals surface area (Å²) >= 11 is 0. The standard InChI is InChI=1S/C22H26FN3O2.ClH/c1-22(15-6-4-3-5-7-15)12-18(22)21(28)26-13-16(24)10-14-8-9-17(19(23)11-14)20(27)25-2;/h3-9,11,16,18H,10,12-13,24H2,1-2H3,(H,25,27)(H,26,28);1H/t16?,18-,22-;/m0./s1. The van der Waals surface area contributed by atoms with Gasteiger partial charge in [0.1, 0.15) is 5.82 Å². The topological polar surface area (TPSA) is 84.2 Å². The summed E-state index contributed by atoms with van der Waals surface area (Å²) in [5, 5.41) is 5.32. The van der Waals surface area contributed by atoms with Crippen LogP contribution in [0.15, 0.2) is 48.5 Å². The summed E-state index contributed by atoms with van der Waals surface area (Å²) in [7, 11) is 1.46. The molecule has 2 aromatic carbocycles. The molecule has 2 aromatic rings. The maximum Gasteiger partial charge on any atom is 0.253 e. The molecule has 1 unspecified atom stereocenters. The van der Waals surface area contributed by atoms with E-state index in [-0.39, 0.29) is 41.3 Å². The van der Waals surface area contributed by atoms with Gasteiger partial charge in [-0.1, -0.05) is 43.3 Å². The van der Waals surface area contributed by atoms with Gasteiger partial charge in [-0.05, 0) is 36.1 Å². The number of nitrogens with two attached hydrogens (primary N) is 1. The van der Waals surface area contributed by atoms with Crippen LogP contribution in [0, 0.1) is 11.7 Å². The number of amides is 2. The summed E-state index contributed by atoms with van der Waals surface area (Å²) in [5.74, 6) is -1.09. The molecule has 3 atom stereocenters. The number of benzene rings is 2. The molecule has 156 valence electrons. The van der Waals surface area contributed by atoms with Gasteiger partial charge in [0.05, 0.1) is 5.56 Å². The van der Waals surface area contributed by atoms with E-state index in [0.29, 0.717) is 18.5 Å². The van der Waals surface area contributed by atoms with E-state index < -0.39 is 11.7 Å². The zero-order valence-electron chi connectivity index (χ0n) is 16.6. The molecule has 7 heteroatoms. The fourth-order valence-electron chi connectivity index (χ4n) is 3.62. The van der Waals surface area contributed by atoms with Crippen LogP contribution in [0.3, 0.4) is 0 Å². The summed E-state index contributed by atoms with van der Waals surface area (Å²) in [5.41, 5.74) is 7.86. The highest BCUT2D eigenvalue weighted by molar-refractivity contribution is 5.94. The van der Waals surface area contributed by atoms with E-state index in [1.807, 2.05) is 18.2 Å². The van der Waals surface area contributed by atoms with E-state index in [1.165, 1.54) is 24.7 Å². The third-order valence-corrected chi connectivity index (χ3v) is 5.53. The Balaban J connectivity index is 0.00000300. The summed E-state index contributed by atoms with van der Waals surface area (Å²) in [6, 6.07) is 14.2. The van der Waals surface area contributed by atoms with Crippen LogP contribution in [0.5, 0.6) is 0 Å². The van der Waals surface area contributed by atoms with Gasteiger partial charge in [0.15, 0.2) is 0 Å². The van der Waals surface area contributed by atoms with Crippen LogP contribution >= 0.6 is 12.4 Å². The second-order valence-electron chi connectivity index (χ2n) is 7.64. The number of nitrogens with one attached hydrogen (secondary N) is 2. The Morgan fingerprint density at radius 1 is 1.24 bits per heavy atom. The first-order chi connectivity index (χ1) is 13.3. The van der Waals surface area contributed by atoms with Crippen LogP contribution in [0.2, 0.25) is 0 Å². The number of carbonyl (C=O) groups excluding carboxylic acids is 2. The lowest BCUT2D eigenvalue weighted by Crippen LogP contribution is -2.40. The lowest BCUT2D eigenvalue weighted by molar-refractivity contribution is -0.122. The van der Waals surface area contributed by atoms with Crippen LogP contribution in [0.4, 0.5) is 4.39 Å². The lowest BCUT2D eigenvalue weighted by atomic mass is 9.95. The molecule has 0 bridgehead atoms. The molecule has 5 nitrogen and oxygen atoms in total. The minimum atomic E-state index is -0.579. The third kappa shape index (κ3) is 5.14. The number of hydrogen-bond acceptors (Lipinski definition) is 3. The van der Waals surface area contributed by atoms with Crippen molar-refractivity contribution in [1.82, 2.24) is 10.6 Å². The molecule has 0 heterocycles. The lowest BCUT2D eigenvalue weighted by Gasteiger charge is -2.15. The molecule has 1 saturated carbocycles. The van der Waals surface area contributed by atoms with Crippen molar-refractivity contribution in [1.29, 1.82) is 0 Å². The first kappa shape index (κ1) is 22.8. The van der Waals surface area contributed by atoms with Gasteiger partial charge in [-0.25, -0.2) is 4.39 Å². The van der Waals surface area contributed by atoms with Crippen LogP contribution in [-0.4, -0.2) is 31.4 Å². The highest BCUT2D eigenvalue weighted by atomic mass is 35.5. The summed E-state index contributed by atoms with van der Waals surface area (Å²) in [6.07, 6.45) is 1.23. The molecule has 3 rings (SSSR count). The predicted octanol–water partition coefficient (Wildman–Crippen LogP) is 2.57. The van der Waals surface area contributed by atoms with Gasteiger partial charge in [0.2, 0.25) is 5.91 Å². The molecule has 1 aliphatic carbocycles. The van der Waals surface area contributed by atoms with Crippen molar-refractivity contribution in [2.24, 2.45) is 11.7 Å². The normalized spacial score (nSPS) is 20.9. The number of halogens is 2. The van der Waals surface area contributed by atoms with Gasteiger partial charge in [0.25, 0.3) is 5.91 Å². The average molecular weight is 420 g/mol. The van der Waals surface area contributed by atoms with E-state index >= 15 is 0 Å². The van der Waals surface area contributed by atoms with Crippen molar-refractivity contribution in [2.75, 3.05) is 13.6 Å². The second kappa shape index (κ2) is 9.37. The van der Waals surface area contributed by atoms with Crippen molar-refractivity contribution in [2.45, 2.75) is 31.2 Å². The molecular weight excluding hydrogens is 393 g/mol. The highest BCUT2D eigenvalue weighted by Crippen LogP contribution is 2.53. The predicted molar refractivity (Wildman–Crippen MR) is 114 cm³/mol.